The molecular formula is C21H23FN2O5. The van der Waals surface area contributed by atoms with E-state index in [-0.39, 0.29) is 17.4 Å². The van der Waals surface area contributed by atoms with Gasteiger partial charge in [-0.2, -0.15) is 0 Å². The predicted molar refractivity (Wildman–Crippen MR) is 105 cm³/mol. The highest BCUT2D eigenvalue weighted by atomic mass is 19.1. The maximum atomic E-state index is 14.1. The lowest BCUT2D eigenvalue weighted by Crippen LogP contribution is -2.33. The second-order valence-electron chi connectivity index (χ2n) is 7.64. The Labute approximate surface area is 167 Å². The van der Waals surface area contributed by atoms with Crippen LogP contribution >= 0.6 is 0 Å². The van der Waals surface area contributed by atoms with Gasteiger partial charge in [-0.1, -0.05) is 19.9 Å². The van der Waals surface area contributed by atoms with E-state index in [9.17, 15) is 24.4 Å². The Kier molecular flexibility index (Phi) is 6.00. The number of rotatable bonds is 5. The molecule has 1 unspecified atom stereocenters. The van der Waals surface area contributed by atoms with Crippen molar-refractivity contribution in [1.82, 2.24) is 4.90 Å². The minimum absolute atomic E-state index is 0.0776. The Bertz CT molecular complexity index is 931. The summed E-state index contributed by atoms with van der Waals surface area (Å²) in [7, 11) is 0. The first-order valence-corrected chi connectivity index (χ1v) is 9.47. The van der Waals surface area contributed by atoms with Gasteiger partial charge in [0, 0.05) is 25.1 Å². The quantitative estimate of drug-likeness (QED) is 0.549. The molecule has 1 heterocycles. The number of carbonyl (C=O) groups is 1. The molecule has 1 aliphatic rings. The van der Waals surface area contributed by atoms with Gasteiger partial charge in [0.2, 0.25) is 0 Å². The lowest BCUT2D eigenvalue weighted by Gasteiger charge is -2.24. The van der Waals surface area contributed by atoms with Crippen LogP contribution in [0.25, 0.3) is 0 Å². The molecule has 2 aromatic carbocycles. The number of nitrogens with zero attached hydrogens (tertiary/aromatic N) is 2. The minimum Gasteiger partial charge on any atom is -0.465 e. The predicted octanol–water partition coefficient (Wildman–Crippen LogP) is 5.19. The molecule has 1 aliphatic heterocycles. The van der Waals surface area contributed by atoms with Crippen molar-refractivity contribution in [2.75, 3.05) is 13.1 Å². The summed E-state index contributed by atoms with van der Waals surface area (Å²) >= 11 is 0. The van der Waals surface area contributed by atoms with Crippen LogP contribution < -0.4 is 4.74 Å². The van der Waals surface area contributed by atoms with Crippen LogP contribution in [0.3, 0.4) is 0 Å². The standard InChI is InChI=1S/C21H23FN2O5/c1-13(2)9-15-12-23(21(25)26)8-7-14-10-17(4-5-18(14)15)29-20-6-3-16(24(27)28)11-19(20)22/h3-6,10-11,13,15H,7-9,12H2,1-2H3,(H,25,26). The van der Waals surface area contributed by atoms with E-state index in [0.29, 0.717) is 31.2 Å². The third kappa shape index (κ3) is 4.82. The number of nitro benzene ring substituents is 1. The van der Waals surface area contributed by atoms with Crippen LogP contribution in [0.5, 0.6) is 11.5 Å². The second-order valence-corrected chi connectivity index (χ2v) is 7.64. The number of halogens is 1. The lowest BCUT2D eigenvalue weighted by molar-refractivity contribution is -0.385. The number of hydrogen-bond donors (Lipinski definition) is 1. The third-order valence-electron chi connectivity index (χ3n) is 5.03. The van der Waals surface area contributed by atoms with Gasteiger partial charge in [0.05, 0.1) is 11.0 Å². The van der Waals surface area contributed by atoms with Crippen molar-refractivity contribution >= 4 is 11.8 Å². The van der Waals surface area contributed by atoms with E-state index >= 15 is 0 Å². The van der Waals surface area contributed by atoms with Crippen LogP contribution in [-0.4, -0.2) is 34.1 Å². The Balaban J connectivity index is 1.88. The van der Waals surface area contributed by atoms with Gasteiger partial charge in [-0.25, -0.2) is 9.18 Å². The first-order chi connectivity index (χ1) is 13.7. The number of nitro groups is 1. The summed E-state index contributed by atoms with van der Waals surface area (Å²) in [6.07, 6.45) is 0.459. The van der Waals surface area contributed by atoms with Crippen molar-refractivity contribution in [3.05, 3.63) is 63.5 Å². The van der Waals surface area contributed by atoms with E-state index in [0.717, 1.165) is 23.6 Å². The van der Waals surface area contributed by atoms with Crippen LogP contribution in [0.1, 0.15) is 37.3 Å². The number of non-ortho nitro benzene ring substituents is 1. The van der Waals surface area contributed by atoms with Gasteiger partial charge < -0.3 is 14.7 Å². The van der Waals surface area contributed by atoms with Crippen molar-refractivity contribution in [3.8, 4) is 11.5 Å². The largest absolute Gasteiger partial charge is 0.465 e. The van der Waals surface area contributed by atoms with E-state index in [2.05, 4.69) is 13.8 Å². The summed E-state index contributed by atoms with van der Waals surface area (Å²) in [5, 5.41) is 20.2. The highest BCUT2D eigenvalue weighted by molar-refractivity contribution is 5.65. The van der Waals surface area contributed by atoms with Crippen LogP contribution in [0.4, 0.5) is 14.9 Å². The molecule has 1 N–H and O–H groups in total. The molecule has 8 heteroatoms. The van der Waals surface area contributed by atoms with Crippen molar-refractivity contribution in [2.24, 2.45) is 5.92 Å². The maximum absolute atomic E-state index is 14.1. The van der Waals surface area contributed by atoms with Gasteiger partial charge in [0.15, 0.2) is 11.6 Å². The Hall–Kier alpha value is -3.16. The first-order valence-electron chi connectivity index (χ1n) is 9.47. The molecule has 1 amide bonds. The number of carboxylic acid groups (broad SMARTS) is 1. The number of ether oxygens (including phenoxy) is 1. The highest BCUT2D eigenvalue weighted by Gasteiger charge is 2.26. The van der Waals surface area contributed by atoms with Crippen molar-refractivity contribution in [2.45, 2.75) is 32.6 Å². The van der Waals surface area contributed by atoms with Gasteiger partial charge >= 0.3 is 6.09 Å². The number of amides is 1. The molecule has 2 aromatic rings. The van der Waals surface area contributed by atoms with Crippen LogP contribution in [-0.2, 0) is 6.42 Å². The molecule has 0 aromatic heterocycles. The Morgan fingerprint density at radius 2 is 2.10 bits per heavy atom. The SMILES string of the molecule is CC(C)CC1CN(C(=O)O)CCc2cc(Oc3ccc([N+](=O)[O-])cc3F)ccc21. The summed E-state index contributed by atoms with van der Waals surface area (Å²) in [4.78, 5) is 23.0. The molecule has 29 heavy (non-hydrogen) atoms. The van der Waals surface area contributed by atoms with E-state index in [4.69, 9.17) is 4.74 Å². The first kappa shape index (κ1) is 20.6. The number of benzene rings is 2. The zero-order valence-electron chi connectivity index (χ0n) is 16.3. The average Bonchev–Trinajstić information content (AvgIpc) is 2.82. The van der Waals surface area contributed by atoms with Crippen molar-refractivity contribution in [3.63, 3.8) is 0 Å². The molecule has 0 bridgehead atoms. The Morgan fingerprint density at radius 3 is 2.72 bits per heavy atom. The number of fused-ring (bicyclic) bond motifs is 1. The summed E-state index contributed by atoms with van der Waals surface area (Å²) < 4.78 is 19.8. The molecule has 0 saturated heterocycles. The van der Waals surface area contributed by atoms with E-state index in [1.165, 1.54) is 17.0 Å². The smallest absolute Gasteiger partial charge is 0.407 e. The molecule has 0 fully saturated rings. The van der Waals surface area contributed by atoms with E-state index in [1.54, 1.807) is 12.1 Å². The molecule has 0 spiro atoms. The third-order valence-corrected chi connectivity index (χ3v) is 5.03. The van der Waals surface area contributed by atoms with Gasteiger partial charge in [0.1, 0.15) is 5.75 Å². The van der Waals surface area contributed by atoms with E-state index < -0.39 is 16.8 Å². The number of hydrogen-bond acceptors (Lipinski definition) is 4. The van der Waals surface area contributed by atoms with Gasteiger partial charge in [-0.3, -0.25) is 10.1 Å². The van der Waals surface area contributed by atoms with Crippen molar-refractivity contribution < 1.29 is 24.0 Å². The lowest BCUT2D eigenvalue weighted by atomic mass is 9.87. The zero-order chi connectivity index (χ0) is 21.1. The van der Waals surface area contributed by atoms with E-state index in [1.807, 2.05) is 6.07 Å². The molecule has 0 aliphatic carbocycles. The molecule has 3 rings (SSSR count). The Morgan fingerprint density at radius 1 is 1.34 bits per heavy atom. The fourth-order valence-corrected chi connectivity index (χ4v) is 3.73. The van der Waals surface area contributed by atoms with Crippen LogP contribution in [0, 0.1) is 21.8 Å². The zero-order valence-corrected chi connectivity index (χ0v) is 16.3. The topological polar surface area (TPSA) is 92.9 Å². The minimum atomic E-state index is -0.934. The fraction of sp³-hybridized carbons (Fsp3) is 0.381. The van der Waals surface area contributed by atoms with Gasteiger partial charge in [-0.15, -0.1) is 0 Å². The average molecular weight is 402 g/mol. The maximum Gasteiger partial charge on any atom is 0.407 e. The summed E-state index contributed by atoms with van der Waals surface area (Å²) in [5.41, 5.74) is 1.71. The highest BCUT2D eigenvalue weighted by Crippen LogP contribution is 2.35. The summed E-state index contributed by atoms with van der Waals surface area (Å²) in [6.45, 7) is 5.03. The molecule has 154 valence electrons. The van der Waals surface area contributed by atoms with Crippen molar-refractivity contribution in [1.29, 1.82) is 0 Å². The summed E-state index contributed by atoms with van der Waals surface area (Å²) in [5.74, 6) is -0.0250. The van der Waals surface area contributed by atoms with Gasteiger partial charge in [0.25, 0.3) is 5.69 Å². The molecule has 1 atom stereocenters. The van der Waals surface area contributed by atoms with Gasteiger partial charge in [-0.05, 0) is 48.1 Å². The van der Waals surface area contributed by atoms with Crippen LogP contribution in [0.15, 0.2) is 36.4 Å². The molecular weight excluding hydrogens is 379 g/mol. The normalized spacial score (nSPS) is 16.3. The monoisotopic (exact) mass is 402 g/mol. The fourth-order valence-electron chi connectivity index (χ4n) is 3.73. The summed E-state index contributed by atoms with van der Waals surface area (Å²) in [6, 6.07) is 8.67. The molecule has 0 saturated carbocycles. The molecule has 0 radical (unpaired) electrons. The van der Waals surface area contributed by atoms with Crippen LogP contribution in [0.2, 0.25) is 0 Å². The molecule has 7 nitrogen and oxygen atoms in total. The second kappa shape index (κ2) is 8.46.